The third-order valence-electron chi connectivity index (χ3n) is 3.80. The number of nitrogens with zero attached hydrogens (tertiary/aromatic N) is 2. The maximum absolute atomic E-state index is 12.7. The smallest absolute Gasteiger partial charge is 0.493 e. The Hall–Kier alpha value is -3.26. The van der Waals surface area contributed by atoms with E-state index in [-0.39, 0.29) is 12.1 Å². The summed E-state index contributed by atoms with van der Waals surface area (Å²) in [7, 11) is -4.05. The van der Waals surface area contributed by atoms with Gasteiger partial charge in [0.25, 0.3) is 9.84 Å². The molecule has 1 N–H and O–H groups in total. The van der Waals surface area contributed by atoms with E-state index in [0.717, 1.165) is 12.1 Å². The zero-order valence-corrected chi connectivity index (χ0v) is 15.1. The number of nitriles is 1. The van der Waals surface area contributed by atoms with Gasteiger partial charge in [0.2, 0.25) is 0 Å². The van der Waals surface area contributed by atoms with E-state index in [2.05, 4.69) is 9.97 Å². The van der Waals surface area contributed by atoms with Crippen LogP contribution in [0.1, 0.15) is 0 Å². The van der Waals surface area contributed by atoms with Crippen LogP contribution in [0.4, 0.5) is 13.2 Å². The monoisotopic (exact) mass is 411 g/mol. The highest BCUT2D eigenvalue weighted by Crippen LogP contribution is 2.34. The average Bonchev–Trinajstić information content (AvgIpc) is 3.08. The van der Waals surface area contributed by atoms with Crippen LogP contribution >= 0.6 is 0 Å². The third kappa shape index (κ3) is 3.46. The second-order valence-corrected chi connectivity index (χ2v) is 7.47. The van der Waals surface area contributed by atoms with Crippen molar-refractivity contribution < 1.29 is 31.1 Å². The number of alkyl halides is 3. The number of H-pyrrole nitrogens is 1. The normalized spacial score (nSPS) is 12.0. The van der Waals surface area contributed by atoms with Gasteiger partial charge in [0, 0.05) is 5.56 Å². The molecule has 1 heterocycles. The summed E-state index contributed by atoms with van der Waals surface area (Å²) in [4.78, 5) is 6.18. The van der Waals surface area contributed by atoms with Gasteiger partial charge in [-0.2, -0.15) is 18.4 Å². The van der Waals surface area contributed by atoms with Gasteiger partial charge < -0.3 is 14.5 Å². The van der Waals surface area contributed by atoms with Crippen molar-refractivity contribution in [2.24, 2.45) is 0 Å². The minimum Gasteiger partial charge on any atom is -0.493 e. The Kier molecular flexibility index (Phi) is 4.91. The van der Waals surface area contributed by atoms with Crippen molar-refractivity contribution >= 4 is 20.9 Å². The number of aromatic nitrogens is 2. The molecule has 7 nitrogen and oxygen atoms in total. The number of fused-ring (bicyclic) bond motifs is 1. The molecule has 3 rings (SSSR count). The van der Waals surface area contributed by atoms with Gasteiger partial charge >= 0.3 is 5.51 Å². The van der Waals surface area contributed by atoms with Crippen LogP contribution < -0.4 is 9.47 Å². The molecule has 28 heavy (non-hydrogen) atoms. The van der Waals surface area contributed by atoms with Crippen LogP contribution in [0, 0.1) is 11.3 Å². The van der Waals surface area contributed by atoms with Gasteiger partial charge in [-0.15, -0.1) is 0 Å². The predicted molar refractivity (Wildman–Crippen MR) is 92.4 cm³/mol. The number of ether oxygens (including phenoxy) is 2. The van der Waals surface area contributed by atoms with Gasteiger partial charge in [0.05, 0.1) is 23.0 Å². The van der Waals surface area contributed by atoms with Crippen molar-refractivity contribution in [1.29, 1.82) is 5.26 Å². The summed E-state index contributed by atoms with van der Waals surface area (Å²) in [5.41, 5.74) is -4.45. The van der Waals surface area contributed by atoms with E-state index in [9.17, 15) is 21.6 Å². The topological polar surface area (TPSA) is 105 Å². The first-order valence-corrected chi connectivity index (χ1v) is 9.15. The molecule has 0 spiro atoms. The van der Waals surface area contributed by atoms with E-state index in [1.54, 1.807) is 18.2 Å². The van der Waals surface area contributed by atoms with E-state index in [0.29, 0.717) is 28.4 Å². The number of hydrogen-bond donors (Lipinski definition) is 1. The number of hydrogen-bond acceptors (Lipinski definition) is 6. The van der Waals surface area contributed by atoms with Crippen LogP contribution in [0.15, 0.2) is 41.3 Å². The van der Waals surface area contributed by atoms with Crippen LogP contribution in [0.3, 0.4) is 0 Å². The van der Waals surface area contributed by atoms with Gasteiger partial charge in [-0.25, -0.2) is 13.4 Å². The lowest BCUT2D eigenvalue weighted by Crippen LogP contribution is -2.23. The van der Waals surface area contributed by atoms with E-state index in [1.165, 1.54) is 13.2 Å². The van der Waals surface area contributed by atoms with Crippen LogP contribution in [-0.2, 0) is 9.84 Å². The van der Waals surface area contributed by atoms with E-state index in [1.807, 2.05) is 6.07 Å². The largest absolute Gasteiger partial charge is 0.501 e. The average molecular weight is 411 g/mol. The Bertz CT molecular complexity index is 1180. The summed E-state index contributed by atoms with van der Waals surface area (Å²) in [6.45, 7) is -0.170. The van der Waals surface area contributed by atoms with E-state index >= 15 is 0 Å². The highest BCUT2D eigenvalue weighted by atomic mass is 32.2. The maximum atomic E-state index is 12.7. The van der Waals surface area contributed by atoms with Gasteiger partial charge in [-0.05, 0) is 36.4 Å². The summed E-state index contributed by atoms with van der Waals surface area (Å²) in [5.74, 6) is 0.956. The molecule has 11 heteroatoms. The molecule has 0 unspecified atom stereocenters. The fourth-order valence-electron chi connectivity index (χ4n) is 2.47. The molecule has 0 aliphatic carbocycles. The Morgan fingerprint density at radius 2 is 1.93 bits per heavy atom. The predicted octanol–water partition coefficient (Wildman–Crippen LogP) is 3.43. The molecule has 3 aromatic rings. The van der Waals surface area contributed by atoms with Crippen molar-refractivity contribution in [3.8, 4) is 29.0 Å². The Morgan fingerprint density at radius 3 is 2.57 bits per heavy atom. The highest BCUT2D eigenvalue weighted by molar-refractivity contribution is 7.92. The molecule has 0 saturated heterocycles. The number of rotatable bonds is 5. The summed E-state index contributed by atoms with van der Waals surface area (Å²) in [5, 5.41) is 8.59. The molecule has 0 bridgehead atoms. The second kappa shape index (κ2) is 7.05. The summed E-state index contributed by atoms with van der Waals surface area (Å²) in [6, 6.07) is 9.50. The molecule has 0 atom stereocenters. The molecule has 1 aromatic heterocycles. The summed E-state index contributed by atoms with van der Waals surface area (Å²) < 4.78 is 71.8. The number of halogens is 3. The van der Waals surface area contributed by atoms with Crippen LogP contribution in [-0.4, -0.2) is 37.6 Å². The van der Waals surface area contributed by atoms with Gasteiger partial charge in [-0.3, -0.25) is 0 Å². The fraction of sp³-hybridized carbons (Fsp3) is 0.176. The molecule has 2 aromatic carbocycles. The standard InChI is InChI=1S/C17H12F3N3O4S/c1-26-15-8-10(2-5-14(15)27-7-6-21)16-22-12-4-3-11(9-13(12)23-16)28(24,25)17(18,19)20/h2-5,8-9H,7H2,1H3,(H,22,23). The Balaban J connectivity index is 2.03. The second-order valence-electron chi connectivity index (χ2n) is 5.53. The first kappa shape index (κ1) is 19.5. The molecule has 0 fully saturated rings. The van der Waals surface area contributed by atoms with Gasteiger partial charge in [-0.1, -0.05) is 0 Å². The molecular weight excluding hydrogens is 399 g/mol. The quantitative estimate of drug-likeness (QED) is 0.690. The van der Waals surface area contributed by atoms with Crippen LogP contribution in [0.2, 0.25) is 0 Å². The number of benzene rings is 2. The molecule has 0 saturated carbocycles. The number of nitrogens with one attached hydrogen (secondary N) is 1. The minimum absolute atomic E-state index is 0.129. The number of sulfone groups is 1. The number of aromatic amines is 1. The number of methoxy groups -OCH3 is 1. The lowest BCUT2D eigenvalue weighted by molar-refractivity contribution is -0.0435. The molecular formula is C17H12F3N3O4S. The van der Waals surface area contributed by atoms with Gasteiger partial charge in [0.15, 0.2) is 18.1 Å². The van der Waals surface area contributed by atoms with Crippen LogP contribution in [0.25, 0.3) is 22.4 Å². The minimum atomic E-state index is -5.46. The SMILES string of the molecule is COc1cc(-c2nc3ccc(S(=O)(=O)C(F)(F)F)cc3[nH]2)ccc1OCC#N. The molecule has 0 aliphatic heterocycles. The third-order valence-corrected chi connectivity index (χ3v) is 5.28. The van der Waals surface area contributed by atoms with Crippen molar-refractivity contribution in [3.05, 3.63) is 36.4 Å². The van der Waals surface area contributed by atoms with Crippen molar-refractivity contribution in [2.45, 2.75) is 10.4 Å². The van der Waals surface area contributed by atoms with Crippen molar-refractivity contribution in [1.82, 2.24) is 9.97 Å². The molecule has 0 amide bonds. The van der Waals surface area contributed by atoms with E-state index < -0.39 is 20.2 Å². The van der Waals surface area contributed by atoms with Crippen molar-refractivity contribution in [3.63, 3.8) is 0 Å². The Labute approximate surface area is 157 Å². The summed E-state index contributed by atoms with van der Waals surface area (Å²) >= 11 is 0. The molecule has 146 valence electrons. The lowest BCUT2D eigenvalue weighted by atomic mass is 10.2. The zero-order chi connectivity index (χ0) is 20.5. The van der Waals surface area contributed by atoms with Gasteiger partial charge in [0.1, 0.15) is 11.9 Å². The van der Waals surface area contributed by atoms with Crippen molar-refractivity contribution in [2.75, 3.05) is 13.7 Å². The first-order valence-electron chi connectivity index (χ1n) is 7.66. The summed E-state index contributed by atoms with van der Waals surface area (Å²) in [6.07, 6.45) is 0. The van der Waals surface area contributed by atoms with Crippen LogP contribution in [0.5, 0.6) is 11.5 Å². The maximum Gasteiger partial charge on any atom is 0.501 e. The first-order chi connectivity index (χ1) is 13.2. The fourth-order valence-corrected chi connectivity index (χ4v) is 3.26. The Morgan fingerprint density at radius 1 is 1.18 bits per heavy atom. The molecule has 0 aliphatic rings. The zero-order valence-electron chi connectivity index (χ0n) is 14.2. The molecule has 0 radical (unpaired) electrons. The lowest BCUT2D eigenvalue weighted by Gasteiger charge is -2.09. The highest BCUT2D eigenvalue weighted by Gasteiger charge is 2.46. The number of imidazole rings is 1. The van der Waals surface area contributed by atoms with E-state index in [4.69, 9.17) is 14.7 Å².